The molecule has 1 N–H and O–H groups in total. The van der Waals surface area contributed by atoms with Gasteiger partial charge in [0.1, 0.15) is 5.75 Å². The summed E-state index contributed by atoms with van der Waals surface area (Å²) < 4.78 is 5.54. The highest BCUT2D eigenvalue weighted by Crippen LogP contribution is 2.37. The Hall–Kier alpha value is -1.69. The van der Waals surface area contributed by atoms with Crippen LogP contribution in [0.25, 0.3) is 0 Å². The first-order chi connectivity index (χ1) is 9.02. The van der Waals surface area contributed by atoms with Crippen LogP contribution in [0.2, 0.25) is 0 Å². The molecule has 0 spiro atoms. The van der Waals surface area contributed by atoms with E-state index in [0.717, 1.165) is 4.90 Å². The number of ether oxygens (including phenoxy) is 1. The van der Waals surface area contributed by atoms with Crippen molar-refractivity contribution in [1.29, 1.82) is 0 Å². The van der Waals surface area contributed by atoms with Gasteiger partial charge in [0.2, 0.25) is 0 Å². The molecule has 0 saturated carbocycles. The SMILES string of the molecule is CCN1C(=O)C(C)Oc2ccc(SCC(=O)O)cc21. The maximum absolute atomic E-state index is 12.0. The van der Waals surface area contributed by atoms with Crippen molar-refractivity contribution in [3.63, 3.8) is 0 Å². The van der Waals surface area contributed by atoms with Gasteiger partial charge < -0.3 is 14.7 Å². The number of likely N-dealkylation sites (N-methyl/N-ethyl adjacent to an activating group) is 1. The maximum atomic E-state index is 12.0. The predicted molar refractivity (Wildman–Crippen MR) is 72.9 cm³/mol. The van der Waals surface area contributed by atoms with E-state index < -0.39 is 12.1 Å². The molecule has 0 aromatic heterocycles. The first-order valence-corrected chi connectivity index (χ1v) is 6.98. The van der Waals surface area contributed by atoms with Crippen LogP contribution in [0.5, 0.6) is 5.75 Å². The van der Waals surface area contributed by atoms with Crippen molar-refractivity contribution in [2.45, 2.75) is 24.8 Å². The molecule has 19 heavy (non-hydrogen) atoms. The third kappa shape index (κ3) is 2.84. The van der Waals surface area contributed by atoms with Crippen LogP contribution in [-0.4, -0.2) is 35.4 Å². The molecule has 1 aliphatic rings. The van der Waals surface area contributed by atoms with Crippen molar-refractivity contribution in [1.82, 2.24) is 0 Å². The lowest BCUT2D eigenvalue weighted by molar-refractivity contribution is -0.134. The van der Waals surface area contributed by atoms with Crippen LogP contribution in [0.1, 0.15) is 13.8 Å². The van der Waals surface area contributed by atoms with Crippen molar-refractivity contribution in [2.24, 2.45) is 0 Å². The summed E-state index contributed by atoms with van der Waals surface area (Å²) in [7, 11) is 0. The number of benzene rings is 1. The summed E-state index contributed by atoms with van der Waals surface area (Å²) in [4.78, 5) is 25.0. The van der Waals surface area contributed by atoms with Gasteiger partial charge in [-0.25, -0.2) is 0 Å². The van der Waals surface area contributed by atoms with Gasteiger partial charge in [-0.1, -0.05) is 0 Å². The molecule has 6 heteroatoms. The van der Waals surface area contributed by atoms with E-state index in [2.05, 4.69) is 0 Å². The van der Waals surface area contributed by atoms with E-state index in [0.29, 0.717) is 18.0 Å². The normalized spacial score (nSPS) is 17.9. The molecule has 0 fully saturated rings. The van der Waals surface area contributed by atoms with Crippen LogP contribution >= 0.6 is 11.8 Å². The van der Waals surface area contributed by atoms with Crippen LogP contribution in [0.15, 0.2) is 23.1 Å². The number of hydrogen-bond donors (Lipinski definition) is 1. The average molecular weight is 281 g/mol. The van der Waals surface area contributed by atoms with Gasteiger partial charge in [-0.05, 0) is 32.0 Å². The quantitative estimate of drug-likeness (QED) is 0.855. The van der Waals surface area contributed by atoms with Gasteiger partial charge in [0.15, 0.2) is 6.10 Å². The van der Waals surface area contributed by atoms with Crippen LogP contribution in [0.3, 0.4) is 0 Å². The molecular weight excluding hydrogens is 266 g/mol. The second kappa shape index (κ2) is 5.52. The Bertz CT molecular complexity index is 517. The molecule has 0 aliphatic carbocycles. The molecule has 1 aromatic rings. The number of amides is 1. The fourth-order valence-electron chi connectivity index (χ4n) is 1.95. The minimum atomic E-state index is -0.865. The van der Waals surface area contributed by atoms with Crippen molar-refractivity contribution in [3.8, 4) is 5.75 Å². The second-order valence-electron chi connectivity index (χ2n) is 4.15. The summed E-state index contributed by atoms with van der Waals surface area (Å²) in [5.41, 5.74) is 0.709. The summed E-state index contributed by atoms with van der Waals surface area (Å²) in [5, 5.41) is 8.68. The molecule has 1 aromatic carbocycles. The van der Waals surface area contributed by atoms with Gasteiger partial charge in [-0.2, -0.15) is 0 Å². The number of carboxylic acids is 1. The Balaban J connectivity index is 2.29. The van der Waals surface area contributed by atoms with E-state index >= 15 is 0 Å². The molecular formula is C13H15NO4S. The highest BCUT2D eigenvalue weighted by Gasteiger charge is 2.30. The Labute approximate surface area is 115 Å². The van der Waals surface area contributed by atoms with Crippen molar-refractivity contribution >= 4 is 29.3 Å². The van der Waals surface area contributed by atoms with Crippen LogP contribution in [-0.2, 0) is 9.59 Å². The minimum absolute atomic E-state index is 0.00385. The number of aliphatic carboxylic acids is 1. The summed E-state index contributed by atoms with van der Waals surface area (Å²) in [6, 6.07) is 5.39. The molecule has 1 unspecified atom stereocenters. The highest BCUT2D eigenvalue weighted by molar-refractivity contribution is 8.00. The molecule has 0 saturated heterocycles. The summed E-state index contributed by atoms with van der Waals surface area (Å²) in [6.07, 6.45) is -0.482. The Morgan fingerprint density at radius 3 is 2.89 bits per heavy atom. The predicted octanol–water partition coefficient (Wildman–Crippen LogP) is 2.00. The number of thioether (sulfide) groups is 1. The molecule has 2 rings (SSSR count). The van der Waals surface area contributed by atoms with E-state index in [1.54, 1.807) is 24.0 Å². The number of anilines is 1. The van der Waals surface area contributed by atoms with Gasteiger partial charge in [0.05, 0.1) is 11.4 Å². The zero-order valence-corrected chi connectivity index (χ0v) is 11.6. The van der Waals surface area contributed by atoms with Crippen molar-refractivity contribution in [2.75, 3.05) is 17.2 Å². The van der Waals surface area contributed by atoms with E-state index in [-0.39, 0.29) is 11.7 Å². The van der Waals surface area contributed by atoms with Gasteiger partial charge in [0, 0.05) is 11.4 Å². The van der Waals surface area contributed by atoms with Gasteiger partial charge in [0.25, 0.3) is 5.91 Å². The molecule has 102 valence electrons. The lowest BCUT2D eigenvalue weighted by Gasteiger charge is -2.32. The molecule has 1 amide bonds. The minimum Gasteiger partial charge on any atom is -0.481 e. The molecule has 1 heterocycles. The standard InChI is InChI=1S/C13H15NO4S/c1-3-14-10-6-9(19-7-12(15)16)4-5-11(10)18-8(2)13(14)17/h4-6,8H,3,7H2,1-2H3,(H,15,16). The molecule has 1 atom stereocenters. The van der Waals surface area contributed by atoms with Gasteiger partial charge in [-0.3, -0.25) is 9.59 Å². The summed E-state index contributed by atoms with van der Waals surface area (Å²) in [5.74, 6) is -0.282. The third-order valence-electron chi connectivity index (χ3n) is 2.82. The van der Waals surface area contributed by atoms with E-state index in [9.17, 15) is 9.59 Å². The fourth-order valence-corrected chi connectivity index (χ4v) is 2.60. The Morgan fingerprint density at radius 2 is 2.26 bits per heavy atom. The van der Waals surface area contributed by atoms with E-state index in [1.807, 2.05) is 13.0 Å². The van der Waals surface area contributed by atoms with Crippen molar-refractivity contribution < 1.29 is 19.4 Å². The largest absolute Gasteiger partial charge is 0.481 e. The topological polar surface area (TPSA) is 66.8 Å². The number of hydrogen-bond acceptors (Lipinski definition) is 4. The lowest BCUT2D eigenvalue weighted by Crippen LogP contribution is -2.44. The van der Waals surface area contributed by atoms with E-state index in [4.69, 9.17) is 9.84 Å². The first-order valence-electron chi connectivity index (χ1n) is 5.99. The first kappa shape index (κ1) is 13.7. The molecule has 0 bridgehead atoms. The monoisotopic (exact) mass is 281 g/mol. The maximum Gasteiger partial charge on any atom is 0.313 e. The molecule has 1 aliphatic heterocycles. The Morgan fingerprint density at radius 1 is 1.53 bits per heavy atom. The number of rotatable bonds is 4. The number of carboxylic acid groups (broad SMARTS) is 1. The summed E-state index contributed by atoms with van der Waals surface area (Å²) in [6.45, 7) is 4.18. The number of carbonyl (C=O) groups is 2. The zero-order valence-electron chi connectivity index (χ0n) is 10.8. The smallest absolute Gasteiger partial charge is 0.313 e. The van der Waals surface area contributed by atoms with Crippen LogP contribution in [0, 0.1) is 0 Å². The van der Waals surface area contributed by atoms with Crippen LogP contribution < -0.4 is 9.64 Å². The fraction of sp³-hybridized carbons (Fsp3) is 0.385. The number of carbonyl (C=O) groups excluding carboxylic acids is 1. The van der Waals surface area contributed by atoms with Crippen LogP contribution in [0.4, 0.5) is 5.69 Å². The molecule has 0 radical (unpaired) electrons. The average Bonchev–Trinajstić information content (AvgIpc) is 2.38. The number of fused-ring (bicyclic) bond motifs is 1. The third-order valence-corrected chi connectivity index (χ3v) is 3.80. The second-order valence-corrected chi connectivity index (χ2v) is 5.20. The van der Waals surface area contributed by atoms with Gasteiger partial charge >= 0.3 is 5.97 Å². The Kier molecular flexibility index (Phi) is 3.99. The molecule has 5 nitrogen and oxygen atoms in total. The summed E-state index contributed by atoms with van der Waals surface area (Å²) >= 11 is 1.22. The van der Waals surface area contributed by atoms with E-state index in [1.165, 1.54) is 11.8 Å². The highest BCUT2D eigenvalue weighted by atomic mass is 32.2. The number of nitrogens with zero attached hydrogens (tertiary/aromatic N) is 1. The van der Waals surface area contributed by atoms with Gasteiger partial charge in [-0.15, -0.1) is 11.8 Å². The van der Waals surface area contributed by atoms with Crippen molar-refractivity contribution in [3.05, 3.63) is 18.2 Å². The zero-order chi connectivity index (χ0) is 14.0. The lowest BCUT2D eigenvalue weighted by atomic mass is 10.2.